The summed E-state index contributed by atoms with van der Waals surface area (Å²) in [4.78, 5) is 17.2. The van der Waals surface area contributed by atoms with Crippen molar-refractivity contribution in [3.8, 4) is 0 Å². The van der Waals surface area contributed by atoms with Gasteiger partial charge in [0.05, 0.1) is 12.7 Å². The molecular weight excluding hydrogens is 293 g/mol. The average Bonchev–Trinajstić information content (AvgIpc) is 3.07. The number of hydrogen-bond acceptors (Lipinski definition) is 2. The summed E-state index contributed by atoms with van der Waals surface area (Å²) in [6.07, 6.45) is 4.75. The molecule has 4 rings (SSSR count). The van der Waals surface area contributed by atoms with Gasteiger partial charge in [-0.15, -0.1) is 0 Å². The minimum Gasteiger partial charge on any atom is -0.305 e. The largest absolute Gasteiger partial charge is 0.305 e. The lowest BCUT2D eigenvalue weighted by molar-refractivity contribution is 0.621. The summed E-state index contributed by atoms with van der Waals surface area (Å²) >= 11 is 0. The van der Waals surface area contributed by atoms with Crippen molar-refractivity contribution in [2.75, 3.05) is 0 Å². The molecule has 2 atom stereocenters. The third-order valence-corrected chi connectivity index (χ3v) is 4.70. The fourth-order valence-corrected chi connectivity index (χ4v) is 3.19. The van der Waals surface area contributed by atoms with Crippen LogP contribution < -0.4 is 5.56 Å². The number of nitrogens with zero attached hydrogens (tertiary/aromatic N) is 3. The maximum atomic E-state index is 13.4. The molecule has 1 fully saturated rings. The van der Waals surface area contributed by atoms with Crippen LogP contribution in [-0.2, 0) is 6.54 Å². The first-order valence-electron chi connectivity index (χ1n) is 7.86. The number of hydrogen-bond donors (Lipinski definition) is 0. The molecule has 2 heterocycles. The van der Waals surface area contributed by atoms with Gasteiger partial charge in [0.25, 0.3) is 5.56 Å². The summed E-state index contributed by atoms with van der Waals surface area (Å²) in [6, 6.07) is 6.36. The van der Waals surface area contributed by atoms with Crippen LogP contribution in [0.5, 0.6) is 0 Å². The highest BCUT2D eigenvalue weighted by Crippen LogP contribution is 2.46. The van der Waals surface area contributed by atoms with Gasteiger partial charge < -0.3 is 4.57 Å². The lowest BCUT2D eigenvalue weighted by Gasteiger charge is -2.12. The second-order valence-corrected chi connectivity index (χ2v) is 6.48. The van der Waals surface area contributed by atoms with Crippen LogP contribution >= 0.6 is 0 Å². The van der Waals surface area contributed by atoms with Gasteiger partial charge in [0, 0.05) is 17.8 Å². The Labute approximate surface area is 133 Å². The van der Waals surface area contributed by atoms with Crippen LogP contribution in [0.25, 0.3) is 5.52 Å². The predicted octanol–water partition coefficient (Wildman–Crippen LogP) is 3.12. The number of benzene rings is 1. The maximum Gasteiger partial charge on any atom is 0.276 e. The first-order valence-corrected chi connectivity index (χ1v) is 7.86. The monoisotopic (exact) mass is 311 g/mol. The Bertz CT molecular complexity index is 957. The number of halogens is 1. The van der Waals surface area contributed by atoms with Gasteiger partial charge in [-0.1, -0.05) is 19.1 Å². The van der Waals surface area contributed by atoms with E-state index in [-0.39, 0.29) is 11.4 Å². The molecule has 23 heavy (non-hydrogen) atoms. The Morgan fingerprint density at radius 2 is 2.17 bits per heavy atom. The van der Waals surface area contributed by atoms with E-state index < -0.39 is 0 Å². The second kappa shape index (κ2) is 5.05. The van der Waals surface area contributed by atoms with E-state index in [2.05, 4.69) is 11.9 Å². The molecule has 0 spiro atoms. The van der Waals surface area contributed by atoms with Gasteiger partial charge in [0.1, 0.15) is 17.2 Å². The summed E-state index contributed by atoms with van der Waals surface area (Å²) in [7, 11) is 0. The van der Waals surface area contributed by atoms with Gasteiger partial charge in [-0.2, -0.15) is 0 Å². The molecule has 5 heteroatoms. The van der Waals surface area contributed by atoms with Crippen molar-refractivity contribution in [3.05, 3.63) is 69.9 Å². The smallest absolute Gasteiger partial charge is 0.276 e. The molecule has 0 amide bonds. The van der Waals surface area contributed by atoms with Crippen LogP contribution in [0.1, 0.15) is 36.3 Å². The molecule has 0 bridgehead atoms. The number of aryl methyl sites for hydroxylation is 1. The maximum absolute atomic E-state index is 13.4. The highest BCUT2D eigenvalue weighted by Gasteiger charge is 2.37. The van der Waals surface area contributed by atoms with Gasteiger partial charge in [-0.25, -0.2) is 9.37 Å². The van der Waals surface area contributed by atoms with Crippen LogP contribution in [0.15, 0.2) is 41.5 Å². The third-order valence-electron chi connectivity index (χ3n) is 4.70. The molecule has 2 aromatic heterocycles. The van der Waals surface area contributed by atoms with Crippen LogP contribution in [0, 0.1) is 18.7 Å². The molecule has 3 aromatic rings. The second-order valence-electron chi connectivity index (χ2n) is 6.48. The van der Waals surface area contributed by atoms with Crippen molar-refractivity contribution in [1.82, 2.24) is 14.0 Å². The SMILES string of the molecule is Cc1cn2c(C3CC3C)ncc2c(=O)n1Cc1cccc(F)c1. The van der Waals surface area contributed by atoms with E-state index in [1.54, 1.807) is 16.8 Å². The molecule has 1 aromatic carbocycles. The number of aromatic nitrogens is 3. The summed E-state index contributed by atoms with van der Waals surface area (Å²) in [5.74, 6) is 1.78. The van der Waals surface area contributed by atoms with Crippen molar-refractivity contribution in [2.45, 2.75) is 32.7 Å². The van der Waals surface area contributed by atoms with E-state index in [9.17, 15) is 9.18 Å². The third kappa shape index (κ3) is 2.36. The Balaban J connectivity index is 1.80. The zero-order valence-corrected chi connectivity index (χ0v) is 13.2. The fourth-order valence-electron chi connectivity index (χ4n) is 3.19. The molecule has 0 N–H and O–H groups in total. The molecule has 2 unspecified atom stereocenters. The highest BCUT2D eigenvalue weighted by atomic mass is 19.1. The Morgan fingerprint density at radius 3 is 2.87 bits per heavy atom. The van der Waals surface area contributed by atoms with Crippen molar-refractivity contribution >= 4 is 5.52 Å². The minimum absolute atomic E-state index is 0.0821. The van der Waals surface area contributed by atoms with Gasteiger partial charge in [0.2, 0.25) is 0 Å². The molecule has 1 aliphatic rings. The molecule has 1 aliphatic carbocycles. The predicted molar refractivity (Wildman–Crippen MR) is 86.2 cm³/mol. The van der Waals surface area contributed by atoms with Gasteiger partial charge in [-0.3, -0.25) is 9.20 Å². The summed E-state index contributed by atoms with van der Waals surface area (Å²) in [5.41, 5.74) is 2.12. The van der Waals surface area contributed by atoms with E-state index in [4.69, 9.17) is 0 Å². The number of fused-ring (bicyclic) bond motifs is 1. The van der Waals surface area contributed by atoms with Crippen LogP contribution in [0.3, 0.4) is 0 Å². The van der Waals surface area contributed by atoms with Crippen molar-refractivity contribution in [3.63, 3.8) is 0 Å². The number of rotatable bonds is 3. The van der Waals surface area contributed by atoms with Crippen molar-refractivity contribution in [1.29, 1.82) is 0 Å². The zero-order valence-electron chi connectivity index (χ0n) is 13.2. The van der Waals surface area contributed by atoms with Crippen LogP contribution in [0.2, 0.25) is 0 Å². The normalized spacial score (nSPS) is 20.1. The highest BCUT2D eigenvalue weighted by molar-refractivity contribution is 5.46. The lowest BCUT2D eigenvalue weighted by atomic mass is 10.2. The number of imidazole rings is 1. The quantitative estimate of drug-likeness (QED) is 0.745. The summed E-state index contributed by atoms with van der Waals surface area (Å²) in [5, 5.41) is 0. The Hall–Kier alpha value is -2.43. The Morgan fingerprint density at radius 1 is 1.39 bits per heavy atom. The molecule has 118 valence electrons. The molecule has 1 saturated carbocycles. The van der Waals surface area contributed by atoms with E-state index >= 15 is 0 Å². The van der Waals surface area contributed by atoms with E-state index in [1.165, 1.54) is 12.1 Å². The Kier molecular flexibility index (Phi) is 3.11. The average molecular weight is 311 g/mol. The standard InChI is InChI=1S/C18H18FN3O/c1-11-6-15(11)17-20-8-16-18(23)21(12(2)9-22(16)17)10-13-4-3-5-14(19)7-13/h3-5,7-9,11,15H,6,10H2,1-2H3. The first kappa shape index (κ1) is 14.2. The minimum atomic E-state index is -0.288. The molecule has 0 saturated heterocycles. The lowest BCUT2D eigenvalue weighted by Crippen LogP contribution is -2.25. The van der Waals surface area contributed by atoms with Crippen LogP contribution in [0.4, 0.5) is 4.39 Å². The van der Waals surface area contributed by atoms with Crippen molar-refractivity contribution in [2.24, 2.45) is 5.92 Å². The van der Waals surface area contributed by atoms with E-state index in [0.29, 0.717) is 23.9 Å². The zero-order chi connectivity index (χ0) is 16.1. The van der Waals surface area contributed by atoms with E-state index in [0.717, 1.165) is 23.5 Å². The molecule has 0 radical (unpaired) electrons. The van der Waals surface area contributed by atoms with Gasteiger partial charge >= 0.3 is 0 Å². The van der Waals surface area contributed by atoms with E-state index in [1.807, 2.05) is 23.6 Å². The summed E-state index contributed by atoms with van der Waals surface area (Å²) < 4.78 is 17.0. The van der Waals surface area contributed by atoms with Gasteiger partial charge in [-0.05, 0) is 37.0 Å². The molecular formula is C18H18FN3O. The molecule has 0 aliphatic heterocycles. The van der Waals surface area contributed by atoms with Crippen LogP contribution in [-0.4, -0.2) is 14.0 Å². The van der Waals surface area contributed by atoms with Gasteiger partial charge in [0.15, 0.2) is 0 Å². The first-order chi connectivity index (χ1) is 11.0. The van der Waals surface area contributed by atoms with Crippen molar-refractivity contribution < 1.29 is 4.39 Å². The summed E-state index contributed by atoms with van der Waals surface area (Å²) in [6.45, 7) is 4.46. The molecule has 4 nitrogen and oxygen atoms in total. The fraction of sp³-hybridized carbons (Fsp3) is 0.333. The topological polar surface area (TPSA) is 39.3 Å².